The molecule has 1 aliphatic rings. The first-order valence-corrected chi connectivity index (χ1v) is 10.0. The number of nitrogens with one attached hydrogen (secondary N) is 1. The Morgan fingerprint density at radius 1 is 1.22 bits per heavy atom. The van der Waals surface area contributed by atoms with Crippen molar-refractivity contribution in [1.29, 1.82) is 0 Å². The maximum atomic E-state index is 9.86. The molecule has 27 heavy (non-hydrogen) atoms. The van der Waals surface area contributed by atoms with Gasteiger partial charge in [0.2, 0.25) is 0 Å². The number of imidazole rings is 1. The van der Waals surface area contributed by atoms with Crippen molar-refractivity contribution in [2.45, 2.75) is 45.2 Å². The normalized spacial score (nSPS) is 19.0. The van der Waals surface area contributed by atoms with E-state index < -0.39 is 0 Å². The first-order chi connectivity index (χ1) is 13.0. The number of hydrogen-bond acceptors (Lipinski definition) is 3. The summed E-state index contributed by atoms with van der Waals surface area (Å²) in [6.07, 6.45) is 2.98. The number of likely N-dealkylation sites (tertiary alicyclic amines) is 1. The number of aromatic nitrogens is 2. The molecular formula is C22H26ClN3O. The number of aromatic amines is 1. The van der Waals surface area contributed by atoms with Crippen molar-refractivity contribution in [2.24, 2.45) is 0 Å². The molecule has 1 fully saturated rings. The summed E-state index contributed by atoms with van der Waals surface area (Å²) in [6, 6.07) is 12.7. The standard InChI is InChI=1S/C22H26ClN3O/c1-14-10-19-20(11-15(14)2)25-22(24-19)21(26-9-3-4-18(26)13-27)12-16-5-7-17(23)8-6-16/h5-8,10-11,18,21,27H,3-4,9,12-13H2,1-2H3,(H,24,25). The van der Waals surface area contributed by atoms with Crippen LogP contribution in [0.1, 0.15) is 41.4 Å². The van der Waals surface area contributed by atoms with Crippen LogP contribution in [-0.2, 0) is 6.42 Å². The lowest BCUT2D eigenvalue weighted by molar-refractivity contribution is 0.114. The molecule has 2 atom stereocenters. The van der Waals surface area contributed by atoms with Gasteiger partial charge in [0, 0.05) is 11.1 Å². The van der Waals surface area contributed by atoms with Gasteiger partial charge in [0.15, 0.2) is 0 Å². The molecule has 4 rings (SSSR count). The Hall–Kier alpha value is -1.88. The SMILES string of the molecule is Cc1cc2nc(C(Cc3ccc(Cl)cc3)N3CCCC3CO)[nH]c2cc1C. The topological polar surface area (TPSA) is 52.1 Å². The van der Waals surface area contributed by atoms with Gasteiger partial charge in [0.25, 0.3) is 0 Å². The predicted molar refractivity (Wildman–Crippen MR) is 110 cm³/mol. The highest BCUT2D eigenvalue weighted by Crippen LogP contribution is 2.32. The van der Waals surface area contributed by atoms with Gasteiger partial charge >= 0.3 is 0 Å². The zero-order chi connectivity index (χ0) is 19.0. The number of aliphatic hydroxyl groups excluding tert-OH is 1. The highest BCUT2D eigenvalue weighted by atomic mass is 35.5. The molecule has 1 aliphatic heterocycles. The monoisotopic (exact) mass is 383 g/mol. The van der Waals surface area contributed by atoms with Gasteiger partial charge in [-0.1, -0.05) is 23.7 Å². The van der Waals surface area contributed by atoms with Crippen molar-refractivity contribution in [3.05, 3.63) is 63.9 Å². The van der Waals surface area contributed by atoms with E-state index in [1.807, 2.05) is 12.1 Å². The Morgan fingerprint density at radius 3 is 2.70 bits per heavy atom. The Kier molecular flexibility index (Phi) is 5.22. The molecule has 0 spiro atoms. The van der Waals surface area contributed by atoms with E-state index in [2.05, 4.69) is 48.0 Å². The fourth-order valence-corrected chi connectivity index (χ4v) is 4.25. The number of aliphatic hydroxyl groups is 1. The highest BCUT2D eigenvalue weighted by Gasteiger charge is 2.33. The van der Waals surface area contributed by atoms with E-state index in [1.54, 1.807) is 0 Å². The molecule has 0 radical (unpaired) electrons. The van der Waals surface area contributed by atoms with Gasteiger partial charge in [-0.25, -0.2) is 4.98 Å². The van der Waals surface area contributed by atoms with E-state index in [9.17, 15) is 5.11 Å². The molecule has 1 aromatic heterocycles. The minimum atomic E-state index is 0.110. The van der Waals surface area contributed by atoms with Gasteiger partial charge in [-0.3, -0.25) is 4.90 Å². The van der Waals surface area contributed by atoms with Crippen LogP contribution < -0.4 is 0 Å². The number of benzene rings is 2. The first kappa shape index (κ1) is 18.5. The number of fused-ring (bicyclic) bond motifs is 1. The maximum Gasteiger partial charge on any atom is 0.125 e. The van der Waals surface area contributed by atoms with Crippen molar-refractivity contribution in [2.75, 3.05) is 13.2 Å². The van der Waals surface area contributed by atoms with Gasteiger partial charge in [-0.05, 0) is 80.6 Å². The summed E-state index contributed by atoms with van der Waals surface area (Å²) in [4.78, 5) is 10.9. The van der Waals surface area contributed by atoms with Gasteiger partial charge < -0.3 is 10.1 Å². The smallest absolute Gasteiger partial charge is 0.125 e. The van der Waals surface area contributed by atoms with Crippen molar-refractivity contribution in [3.8, 4) is 0 Å². The minimum absolute atomic E-state index is 0.110. The summed E-state index contributed by atoms with van der Waals surface area (Å²) >= 11 is 6.06. The Balaban J connectivity index is 1.73. The molecule has 2 unspecified atom stereocenters. The molecule has 3 aromatic rings. The second-order valence-corrected chi connectivity index (χ2v) is 8.07. The van der Waals surface area contributed by atoms with Crippen LogP contribution in [-0.4, -0.2) is 39.2 Å². The zero-order valence-corrected chi connectivity index (χ0v) is 16.6. The third-order valence-corrected chi connectivity index (χ3v) is 6.06. The van der Waals surface area contributed by atoms with Crippen molar-refractivity contribution in [1.82, 2.24) is 14.9 Å². The number of hydrogen-bond donors (Lipinski definition) is 2. The van der Waals surface area contributed by atoms with Gasteiger partial charge in [0.1, 0.15) is 5.82 Å². The van der Waals surface area contributed by atoms with Crippen molar-refractivity contribution in [3.63, 3.8) is 0 Å². The summed E-state index contributed by atoms with van der Waals surface area (Å²) in [7, 11) is 0. The summed E-state index contributed by atoms with van der Waals surface area (Å²) < 4.78 is 0. The summed E-state index contributed by atoms with van der Waals surface area (Å²) in [5.41, 5.74) is 5.83. The lowest BCUT2D eigenvalue weighted by Gasteiger charge is -2.31. The molecule has 5 heteroatoms. The Bertz CT molecular complexity index is 896. The van der Waals surface area contributed by atoms with Gasteiger partial charge in [-0.2, -0.15) is 0 Å². The number of rotatable bonds is 5. The molecule has 2 heterocycles. The number of halogens is 1. The average molecular weight is 384 g/mol. The van der Waals surface area contributed by atoms with E-state index in [0.29, 0.717) is 0 Å². The van der Waals surface area contributed by atoms with Crippen LogP contribution in [0.5, 0.6) is 0 Å². The van der Waals surface area contributed by atoms with Crippen LogP contribution in [0.25, 0.3) is 11.0 Å². The molecule has 142 valence electrons. The van der Waals surface area contributed by atoms with E-state index >= 15 is 0 Å². The predicted octanol–water partition coefficient (Wildman–Crippen LogP) is 4.57. The van der Waals surface area contributed by atoms with E-state index in [0.717, 1.165) is 47.7 Å². The third kappa shape index (κ3) is 3.75. The van der Waals surface area contributed by atoms with E-state index in [1.165, 1.54) is 16.7 Å². The molecule has 0 saturated carbocycles. The first-order valence-electron chi connectivity index (χ1n) is 9.63. The highest BCUT2D eigenvalue weighted by molar-refractivity contribution is 6.30. The van der Waals surface area contributed by atoms with E-state index in [-0.39, 0.29) is 18.7 Å². The van der Waals surface area contributed by atoms with Crippen LogP contribution in [0, 0.1) is 13.8 Å². The molecule has 2 aromatic carbocycles. The van der Waals surface area contributed by atoms with E-state index in [4.69, 9.17) is 16.6 Å². The number of nitrogens with zero attached hydrogens (tertiary/aromatic N) is 2. The maximum absolute atomic E-state index is 9.86. The minimum Gasteiger partial charge on any atom is -0.395 e. The lowest BCUT2D eigenvalue weighted by atomic mass is 10.0. The summed E-state index contributed by atoms with van der Waals surface area (Å²) in [5.74, 6) is 0.977. The van der Waals surface area contributed by atoms with Crippen LogP contribution in [0.4, 0.5) is 0 Å². The molecule has 0 aliphatic carbocycles. The number of aryl methyl sites for hydroxylation is 2. The fraction of sp³-hybridized carbons (Fsp3) is 0.409. The zero-order valence-electron chi connectivity index (χ0n) is 15.9. The molecule has 1 saturated heterocycles. The van der Waals surface area contributed by atoms with Crippen LogP contribution in [0.15, 0.2) is 36.4 Å². The van der Waals surface area contributed by atoms with Gasteiger partial charge in [-0.15, -0.1) is 0 Å². The second kappa shape index (κ2) is 7.63. The number of H-pyrrole nitrogens is 1. The molecule has 4 nitrogen and oxygen atoms in total. The Labute approximate surface area is 165 Å². The lowest BCUT2D eigenvalue weighted by Crippen LogP contribution is -2.37. The van der Waals surface area contributed by atoms with Gasteiger partial charge in [0.05, 0.1) is 23.7 Å². The quantitative estimate of drug-likeness (QED) is 0.678. The third-order valence-electron chi connectivity index (χ3n) is 5.81. The average Bonchev–Trinajstić information content (AvgIpc) is 3.28. The van der Waals surface area contributed by atoms with Crippen molar-refractivity contribution < 1.29 is 5.11 Å². The molecule has 0 bridgehead atoms. The molecule has 2 N–H and O–H groups in total. The van der Waals surface area contributed by atoms with Crippen molar-refractivity contribution >= 4 is 22.6 Å². The van der Waals surface area contributed by atoms with Crippen LogP contribution in [0.2, 0.25) is 5.02 Å². The summed E-state index contributed by atoms with van der Waals surface area (Å²) in [5, 5.41) is 10.6. The Morgan fingerprint density at radius 2 is 1.96 bits per heavy atom. The second-order valence-electron chi connectivity index (χ2n) is 7.64. The molecule has 0 amide bonds. The summed E-state index contributed by atoms with van der Waals surface area (Å²) in [6.45, 7) is 5.42. The van der Waals surface area contributed by atoms with Crippen LogP contribution >= 0.6 is 11.6 Å². The molecular weight excluding hydrogens is 358 g/mol. The fourth-order valence-electron chi connectivity index (χ4n) is 4.13. The van der Waals surface area contributed by atoms with Crippen LogP contribution in [0.3, 0.4) is 0 Å². The largest absolute Gasteiger partial charge is 0.395 e.